The molecule has 2 unspecified atom stereocenters. The summed E-state index contributed by atoms with van der Waals surface area (Å²) < 4.78 is 9.62. The highest BCUT2D eigenvalue weighted by molar-refractivity contribution is 5.88. The number of carbonyl (C=O) groups excluding carboxylic acids is 4. The van der Waals surface area contributed by atoms with Crippen LogP contribution in [0.15, 0.2) is 122 Å². The van der Waals surface area contributed by atoms with Gasteiger partial charge in [-0.15, -0.1) is 0 Å². The second-order valence-corrected chi connectivity index (χ2v) is 14.1. The van der Waals surface area contributed by atoms with E-state index < -0.39 is 24.3 Å². The largest absolute Gasteiger partial charge is 0.453 e. The van der Waals surface area contributed by atoms with E-state index in [0.29, 0.717) is 35.9 Å². The third-order valence-electron chi connectivity index (χ3n) is 9.93. The molecule has 14 heteroatoms. The Hall–Kier alpha value is -7.22. The Balaban J connectivity index is 1.10. The number of aromatic nitrogens is 4. The quantitative estimate of drug-likeness (QED) is 0.0722. The van der Waals surface area contributed by atoms with E-state index in [4.69, 9.17) is 9.47 Å². The first-order chi connectivity index (χ1) is 29.2. The highest BCUT2D eigenvalue weighted by Gasteiger charge is 2.30. The summed E-state index contributed by atoms with van der Waals surface area (Å²) in [7, 11) is 2.54. The number of hydrogen-bond acceptors (Lipinski definition) is 8. The second kappa shape index (κ2) is 20.5. The molecule has 0 radical (unpaired) electrons. The molecule has 6 rings (SSSR count). The summed E-state index contributed by atoms with van der Waals surface area (Å²) >= 11 is 0. The van der Waals surface area contributed by atoms with E-state index in [9.17, 15) is 19.2 Å². The highest BCUT2D eigenvalue weighted by Crippen LogP contribution is 2.28. The lowest BCUT2D eigenvalue weighted by atomic mass is 10.0. The number of imidazole rings is 2. The molecule has 0 saturated heterocycles. The van der Waals surface area contributed by atoms with Crippen molar-refractivity contribution in [2.75, 3.05) is 27.3 Å². The van der Waals surface area contributed by atoms with E-state index in [1.54, 1.807) is 46.5 Å². The third-order valence-corrected chi connectivity index (χ3v) is 9.93. The number of hydrogen-bond donors (Lipinski definition) is 4. The van der Waals surface area contributed by atoms with E-state index in [2.05, 4.69) is 30.6 Å². The van der Waals surface area contributed by atoms with Crippen molar-refractivity contribution in [2.24, 2.45) is 0 Å². The fraction of sp³-hybridized carbons (Fsp3) is 0.261. The number of H-pyrrole nitrogens is 2. The van der Waals surface area contributed by atoms with Crippen LogP contribution in [0.3, 0.4) is 0 Å². The molecular weight excluding hydrogens is 761 g/mol. The smallest absolute Gasteiger partial charge is 0.407 e. The first-order valence-corrected chi connectivity index (χ1v) is 19.9. The van der Waals surface area contributed by atoms with Crippen LogP contribution >= 0.6 is 0 Å². The van der Waals surface area contributed by atoms with Gasteiger partial charge in [0.05, 0.1) is 51.1 Å². The molecule has 4 N–H and O–H groups in total. The van der Waals surface area contributed by atoms with Gasteiger partial charge < -0.3 is 39.9 Å². The van der Waals surface area contributed by atoms with Gasteiger partial charge in [0, 0.05) is 13.1 Å². The summed E-state index contributed by atoms with van der Waals surface area (Å²) in [6.07, 6.45) is 3.58. The minimum Gasteiger partial charge on any atom is -0.453 e. The summed E-state index contributed by atoms with van der Waals surface area (Å²) in [6.45, 7) is 5.40. The molecule has 2 atom stereocenters. The van der Waals surface area contributed by atoms with Crippen LogP contribution in [-0.2, 0) is 32.2 Å². The van der Waals surface area contributed by atoms with Crippen LogP contribution < -0.4 is 10.6 Å². The third kappa shape index (κ3) is 10.6. The molecule has 2 heterocycles. The average Bonchev–Trinajstić information content (AvgIpc) is 3.97. The van der Waals surface area contributed by atoms with Gasteiger partial charge in [-0.05, 0) is 46.2 Å². The van der Waals surface area contributed by atoms with E-state index in [0.717, 1.165) is 46.5 Å². The summed E-state index contributed by atoms with van der Waals surface area (Å²) in [6, 6.07) is 32.7. The molecule has 0 aliphatic carbocycles. The first kappa shape index (κ1) is 42.4. The Bertz CT molecular complexity index is 2160. The molecule has 0 saturated carbocycles. The number of alkyl carbamates (subject to hydrolysis) is 2. The number of benzene rings is 4. The predicted molar refractivity (Wildman–Crippen MR) is 228 cm³/mol. The normalized spacial score (nSPS) is 11.9. The number of ether oxygens (including phenoxy) is 2. The van der Waals surface area contributed by atoms with Crippen molar-refractivity contribution in [1.29, 1.82) is 0 Å². The SMILES string of the molecule is CCCN(Cc1ncc(-c2ccc(-c3ccc(-c4cnc(CN(CCC)C(=O)C(NC(=O)OC)c5ccccc5)[nH]4)cc3)cc2)[nH]1)C(=O)C(NC(=O)OC)c1ccccc1. The molecule has 0 aliphatic rings. The van der Waals surface area contributed by atoms with Crippen molar-refractivity contribution in [3.63, 3.8) is 0 Å². The maximum Gasteiger partial charge on any atom is 0.407 e. The van der Waals surface area contributed by atoms with Gasteiger partial charge >= 0.3 is 12.2 Å². The van der Waals surface area contributed by atoms with Gasteiger partial charge in [0.2, 0.25) is 11.8 Å². The van der Waals surface area contributed by atoms with E-state index in [1.165, 1.54) is 14.2 Å². The van der Waals surface area contributed by atoms with Crippen molar-refractivity contribution < 1.29 is 28.7 Å². The lowest BCUT2D eigenvalue weighted by molar-refractivity contribution is -0.135. The van der Waals surface area contributed by atoms with Gasteiger partial charge in [-0.2, -0.15) is 0 Å². The molecule has 0 spiro atoms. The van der Waals surface area contributed by atoms with E-state index in [1.807, 2.05) is 98.8 Å². The Morgan fingerprint density at radius 3 is 1.23 bits per heavy atom. The number of carbonyl (C=O) groups is 4. The Labute approximate surface area is 349 Å². The highest BCUT2D eigenvalue weighted by atomic mass is 16.5. The number of nitrogens with zero attached hydrogens (tertiary/aromatic N) is 4. The van der Waals surface area contributed by atoms with Gasteiger partial charge in [0.15, 0.2) is 0 Å². The Kier molecular flexibility index (Phi) is 14.5. The Morgan fingerprint density at radius 1 is 0.550 bits per heavy atom. The fourth-order valence-electron chi connectivity index (χ4n) is 6.88. The van der Waals surface area contributed by atoms with Gasteiger partial charge in [0.25, 0.3) is 0 Å². The summed E-state index contributed by atoms with van der Waals surface area (Å²) in [5.74, 6) is 0.720. The average molecular weight is 811 g/mol. The van der Waals surface area contributed by atoms with Crippen LogP contribution in [-0.4, -0.2) is 81.0 Å². The molecule has 4 amide bonds. The minimum absolute atomic E-state index is 0.236. The topological polar surface area (TPSA) is 175 Å². The van der Waals surface area contributed by atoms with E-state index >= 15 is 0 Å². The molecule has 0 aliphatic heterocycles. The molecule has 14 nitrogen and oxygen atoms in total. The standard InChI is InChI=1S/C46H50N8O6/c1-5-25-53(43(55)41(51-45(57)59-3)35-13-9-7-10-14-35)29-39-47-27-37(49-39)33-21-17-31(18-22-33)32-19-23-34(24-20-32)38-28-48-40(50-38)30-54(26-6-2)44(56)42(52-46(58)60-4)36-15-11-8-12-16-36/h7-24,27-28,41-42H,5-6,25-26,29-30H2,1-4H3,(H,47,49)(H,48,50)(H,51,57)(H,52,58). The van der Waals surface area contributed by atoms with E-state index in [-0.39, 0.29) is 24.9 Å². The van der Waals surface area contributed by atoms with Gasteiger partial charge in [-0.3, -0.25) is 9.59 Å². The molecule has 0 fully saturated rings. The molecule has 60 heavy (non-hydrogen) atoms. The van der Waals surface area contributed by atoms with Crippen LogP contribution in [0.1, 0.15) is 61.5 Å². The van der Waals surface area contributed by atoms with Gasteiger partial charge in [0.1, 0.15) is 23.7 Å². The van der Waals surface area contributed by atoms with Crippen LogP contribution in [0.2, 0.25) is 0 Å². The van der Waals surface area contributed by atoms with Crippen molar-refractivity contribution in [3.05, 3.63) is 144 Å². The van der Waals surface area contributed by atoms with Crippen molar-refractivity contribution in [1.82, 2.24) is 40.4 Å². The van der Waals surface area contributed by atoms with Crippen molar-refractivity contribution in [2.45, 2.75) is 51.9 Å². The Morgan fingerprint density at radius 2 is 0.900 bits per heavy atom. The predicted octanol–water partition coefficient (Wildman–Crippen LogP) is 7.81. The second-order valence-electron chi connectivity index (χ2n) is 14.1. The number of amides is 4. The first-order valence-electron chi connectivity index (χ1n) is 19.9. The number of rotatable bonds is 17. The molecule has 2 aromatic heterocycles. The molecule has 310 valence electrons. The van der Waals surface area contributed by atoms with Crippen molar-refractivity contribution >= 4 is 24.0 Å². The zero-order valence-corrected chi connectivity index (χ0v) is 34.2. The lowest BCUT2D eigenvalue weighted by Gasteiger charge is -2.27. The number of aromatic amines is 2. The molecule has 6 aromatic rings. The summed E-state index contributed by atoms with van der Waals surface area (Å²) in [5.41, 5.74) is 6.88. The maximum atomic E-state index is 13.8. The lowest BCUT2D eigenvalue weighted by Crippen LogP contribution is -2.43. The molecular formula is C46H50N8O6. The van der Waals surface area contributed by atoms with Gasteiger partial charge in [-0.1, -0.05) is 123 Å². The summed E-state index contributed by atoms with van der Waals surface area (Å²) in [4.78, 5) is 71.2. The minimum atomic E-state index is -0.908. The zero-order chi connectivity index (χ0) is 42.4. The van der Waals surface area contributed by atoms with Crippen LogP contribution in [0.4, 0.5) is 9.59 Å². The number of methoxy groups -OCH3 is 2. The summed E-state index contributed by atoms with van der Waals surface area (Å²) in [5, 5.41) is 5.37. The maximum absolute atomic E-state index is 13.8. The van der Waals surface area contributed by atoms with Crippen LogP contribution in [0.25, 0.3) is 33.6 Å². The molecule has 0 bridgehead atoms. The fourth-order valence-corrected chi connectivity index (χ4v) is 6.88. The zero-order valence-electron chi connectivity index (χ0n) is 34.2. The van der Waals surface area contributed by atoms with Crippen molar-refractivity contribution in [3.8, 4) is 33.6 Å². The van der Waals surface area contributed by atoms with Gasteiger partial charge in [-0.25, -0.2) is 19.6 Å². The monoisotopic (exact) mass is 810 g/mol. The van der Waals surface area contributed by atoms with Crippen LogP contribution in [0, 0.1) is 0 Å². The number of nitrogens with one attached hydrogen (secondary N) is 4. The molecule has 4 aromatic carbocycles. The van der Waals surface area contributed by atoms with Crippen LogP contribution in [0.5, 0.6) is 0 Å².